The van der Waals surface area contributed by atoms with Crippen LogP contribution in [-0.2, 0) is 9.63 Å². The molecule has 0 aliphatic carbocycles. The first kappa shape index (κ1) is 18.8. The molecule has 0 bridgehead atoms. The molecule has 0 fully saturated rings. The van der Waals surface area contributed by atoms with Gasteiger partial charge in [-0.2, -0.15) is 10.2 Å². The van der Waals surface area contributed by atoms with E-state index in [0.717, 1.165) is 0 Å². The second kappa shape index (κ2) is 8.16. The van der Waals surface area contributed by atoms with Gasteiger partial charge in [-0.1, -0.05) is 5.16 Å². The molecule has 0 aromatic heterocycles. The fourth-order valence-corrected chi connectivity index (χ4v) is 2.85. The van der Waals surface area contributed by atoms with Gasteiger partial charge in [0.15, 0.2) is 17.2 Å². The quantitative estimate of drug-likeness (QED) is 0.677. The standard InChI is InChI=1S/C19H21FN4O3/c1-3-4-8-19(23-24-19)9-7-18(25)21-12-14-11-16(22-27-14)13-5-6-17(26-2)15(20)10-13/h1,5-6,10,14H,4,7-9,11-12H2,2H3,(H,21,25). The van der Waals surface area contributed by atoms with Crippen LogP contribution in [0.2, 0.25) is 0 Å². The highest BCUT2D eigenvalue weighted by Gasteiger charge is 2.39. The Balaban J connectivity index is 1.40. The number of rotatable bonds is 9. The molecule has 1 unspecified atom stereocenters. The third-order valence-electron chi connectivity index (χ3n) is 4.55. The molecule has 2 aliphatic heterocycles. The lowest BCUT2D eigenvalue weighted by molar-refractivity contribution is -0.121. The van der Waals surface area contributed by atoms with Crippen molar-refractivity contribution in [3.8, 4) is 18.1 Å². The Hall–Kier alpha value is -2.95. The summed E-state index contributed by atoms with van der Waals surface area (Å²) in [6, 6.07) is 4.63. The predicted molar refractivity (Wildman–Crippen MR) is 96.9 cm³/mol. The van der Waals surface area contributed by atoms with E-state index in [9.17, 15) is 9.18 Å². The largest absolute Gasteiger partial charge is 0.494 e. The van der Waals surface area contributed by atoms with Crippen LogP contribution in [0.5, 0.6) is 5.75 Å². The van der Waals surface area contributed by atoms with Crippen LogP contribution in [0, 0.1) is 18.2 Å². The number of ether oxygens (including phenoxy) is 1. The van der Waals surface area contributed by atoms with Crippen LogP contribution in [0.1, 0.15) is 37.7 Å². The van der Waals surface area contributed by atoms with Crippen molar-refractivity contribution in [2.24, 2.45) is 15.4 Å². The first-order valence-corrected chi connectivity index (χ1v) is 8.76. The molecule has 0 radical (unpaired) electrons. The van der Waals surface area contributed by atoms with E-state index in [2.05, 4.69) is 26.6 Å². The summed E-state index contributed by atoms with van der Waals surface area (Å²) < 4.78 is 18.7. The summed E-state index contributed by atoms with van der Waals surface area (Å²) in [4.78, 5) is 17.4. The third kappa shape index (κ3) is 4.82. The van der Waals surface area contributed by atoms with Gasteiger partial charge in [-0.3, -0.25) is 4.79 Å². The summed E-state index contributed by atoms with van der Waals surface area (Å²) in [5, 5.41) is 14.8. The zero-order valence-electron chi connectivity index (χ0n) is 15.1. The van der Waals surface area contributed by atoms with Gasteiger partial charge in [0.1, 0.15) is 6.10 Å². The van der Waals surface area contributed by atoms with Crippen LogP contribution >= 0.6 is 0 Å². The minimum Gasteiger partial charge on any atom is -0.494 e. The molecule has 8 heteroatoms. The number of methoxy groups -OCH3 is 1. The number of nitrogens with one attached hydrogen (secondary N) is 1. The van der Waals surface area contributed by atoms with E-state index < -0.39 is 11.5 Å². The first-order chi connectivity index (χ1) is 13.0. The van der Waals surface area contributed by atoms with Crippen LogP contribution < -0.4 is 10.1 Å². The molecule has 1 N–H and O–H groups in total. The maximum absolute atomic E-state index is 13.8. The topological polar surface area (TPSA) is 84.6 Å². The number of amides is 1. The van der Waals surface area contributed by atoms with Crippen molar-refractivity contribution in [1.82, 2.24) is 5.32 Å². The van der Waals surface area contributed by atoms with Crippen molar-refractivity contribution in [2.45, 2.75) is 43.9 Å². The molecule has 1 amide bonds. The highest BCUT2D eigenvalue weighted by atomic mass is 19.1. The molecule has 2 aliphatic rings. The van der Waals surface area contributed by atoms with Gasteiger partial charge in [0, 0.05) is 37.7 Å². The van der Waals surface area contributed by atoms with Crippen LogP contribution in [0.25, 0.3) is 0 Å². The number of oxime groups is 1. The van der Waals surface area contributed by atoms with E-state index in [1.54, 1.807) is 12.1 Å². The molecule has 7 nitrogen and oxygen atoms in total. The van der Waals surface area contributed by atoms with Crippen molar-refractivity contribution >= 4 is 11.6 Å². The lowest BCUT2D eigenvalue weighted by atomic mass is 10.0. The van der Waals surface area contributed by atoms with Gasteiger partial charge < -0.3 is 14.9 Å². The van der Waals surface area contributed by atoms with Gasteiger partial charge in [0.25, 0.3) is 0 Å². The second-order valence-electron chi connectivity index (χ2n) is 6.51. The third-order valence-corrected chi connectivity index (χ3v) is 4.55. The van der Waals surface area contributed by atoms with E-state index in [0.29, 0.717) is 49.9 Å². The maximum atomic E-state index is 13.8. The summed E-state index contributed by atoms with van der Waals surface area (Å²) in [7, 11) is 1.41. The van der Waals surface area contributed by atoms with Gasteiger partial charge in [-0.15, -0.1) is 12.3 Å². The lowest BCUT2D eigenvalue weighted by Crippen LogP contribution is -2.33. The van der Waals surface area contributed by atoms with Crippen LogP contribution in [0.4, 0.5) is 4.39 Å². The zero-order valence-corrected chi connectivity index (χ0v) is 15.1. The summed E-state index contributed by atoms with van der Waals surface area (Å²) in [6.45, 7) is 0.329. The van der Waals surface area contributed by atoms with Gasteiger partial charge >= 0.3 is 0 Å². The highest BCUT2D eigenvalue weighted by molar-refractivity contribution is 6.01. The van der Waals surface area contributed by atoms with Crippen molar-refractivity contribution in [3.63, 3.8) is 0 Å². The molecule has 142 valence electrons. The minimum atomic E-state index is -0.456. The van der Waals surface area contributed by atoms with Gasteiger partial charge in [0.05, 0.1) is 19.4 Å². The molecular weight excluding hydrogens is 351 g/mol. The highest BCUT2D eigenvalue weighted by Crippen LogP contribution is 2.37. The van der Waals surface area contributed by atoms with E-state index in [-0.39, 0.29) is 17.8 Å². The van der Waals surface area contributed by atoms with Crippen LogP contribution in [0.15, 0.2) is 33.6 Å². The van der Waals surface area contributed by atoms with E-state index in [1.165, 1.54) is 13.2 Å². The SMILES string of the molecule is C#CCCC1(CCC(=O)NCC2CC(c3ccc(OC)c(F)c3)=NO2)N=N1. The van der Waals surface area contributed by atoms with E-state index in [1.807, 2.05) is 0 Å². The Morgan fingerprint density at radius 1 is 1.48 bits per heavy atom. The number of halogens is 1. The molecular formula is C19H21FN4O3. The summed E-state index contributed by atoms with van der Waals surface area (Å²) in [5.41, 5.74) is 0.816. The average molecular weight is 372 g/mol. The number of hydrogen-bond acceptors (Lipinski definition) is 6. The Bertz CT molecular complexity index is 810. The van der Waals surface area contributed by atoms with Crippen LogP contribution in [0.3, 0.4) is 0 Å². The number of nitrogens with zero attached hydrogens (tertiary/aromatic N) is 3. The van der Waals surface area contributed by atoms with Crippen LogP contribution in [-0.4, -0.2) is 37.0 Å². The summed E-state index contributed by atoms with van der Waals surface area (Å²) >= 11 is 0. The predicted octanol–water partition coefficient (Wildman–Crippen LogP) is 2.80. The molecule has 1 atom stereocenters. The minimum absolute atomic E-state index is 0.0973. The molecule has 0 spiro atoms. The number of carbonyl (C=O) groups excluding carboxylic acids is 1. The number of terminal acetylenes is 1. The molecule has 1 aromatic rings. The second-order valence-corrected chi connectivity index (χ2v) is 6.51. The zero-order chi connectivity index (χ0) is 19.3. The normalized spacial score (nSPS) is 19.0. The molecule has 0 saturated heterocycles. The molecule has 3 rings (SSSR count). The number of benzene rings is 1. The maximum Gasteiger partial charge on any atom is 0.220 e. The summed E-state index contributed by atoms with van der Waals surface area (Å²) in [6.07, 6.45) is 7.61. The van der Waals surface area contributed by atoms with Crippen molar-refractivity contribution in [3.05, 3.63) is 29.6 Å². The average Bonchev–Trinajstić information content (AvgIpc) is 3.29. The van der Waals surface area contributed by atoms with Crippen molar-refractivity contribution in [1.29, 1.82) is 0 Å². The first-order valence-electron chi connectivity index (χ1n) is 8.76. The monoisotopic (exact) mass is 372 g/mol. The van der Waals surface area contributed by atoms with E-state index >= 15 is 0 Å². The smallest absolute Gasteiger partial charge is 0.220 e. The van der Waals surface area contributed by atoms with E-state index in [4.69, 9.17) is 16.0 Å². The molecule has 2 heterocycles. The van der Waals surface area contributed by atoms with Gasteiger partial charge in [-0.25, -0.2) is 4.39 Å². The van der Waals surface area contributed by atoms with Gasteiger partial charge in [0.2, 0.25) is 5.91 Å². The Labute approximate surface area is 157 Å². The van der Waals surface area contributed by atoms with Gasteiger partial charge in [-0.05, 0) is 18.2 Å². The lowest BCUT2D eigenvalue weighted by Gasteiger charge is -2.11. The Kier molecular flexibility index (Phi) is 5.69. The Morgan fingerprint density at radius 3 is 2.96 bits per heavy atom. The fraction of sp³-hybridized carbons (Fsp3) is 0.474. The molecule has 1 aromatic carbocycles. The fourth-order valence-electron chi connectivity index (χ4n) is 2.85. The number of carbonyl (C=O) groups is 1. The van der Waals surface area contributed by atoms with Crippen molar-refractivity contribution < 1.29 is 18.8 Å². The summed E-state index contributed by atoms with van der Waals surface area (Å²) in [5.74, 6) is 2.19. The number of hydrogen-bond donors (Lipinski definition) is 1. The van der Waals surface area contributed by atoms with Crippen molar-refractivity contribution in [2.75, 3.05) is 13.7 Å². The molecule has 27 heavy (non-hydrogen) atoms. The Morgan fingerprint density at radius 2 is 2.30 bits per heavy atom. The molecule has 0 saturated carbocycles.